The van der Waals surface area contributed by atoms with Crippen LogP contribution in [0, 0.1) is 0 Å². The Morgan fingerprint density at radius 3 is 1.38 bits per heavy atom. The normalized spacial score (nSPS) is 13.4. The lowest BCUT2D eigenvalue weighted by atomic mass is 10.1. The summed E-state index contributed by atoms with van der Waals surface area (Å²) in [6, 6.07) is 64.4. The Kier molecular flexibility index (Phi) is 23.9. The Hall–Kier alpha value is -15.3. The van der Waals surface area contributed by atoms with Crippen LogP contribution < -0.4 is 11.1 Å². The lowest BCUT2D eigenvalue weighted by molar-refractivity contribution is 0.778. The molecule has 17 aromatic rings. The number of aryl methyl sites for hydroxylation is 7. The summed E-state index contributed by atoms with van der Waals surface area (Å²) in [5, 5.41) is 3.28. The van der Waals surface area contributed by atoms with Crippen molar-refractivity contribution in [2.45, 2.75) is 89.9 Å². The van der Waals surface area contributed by atoms with Crippen molar-refractivity contribution in [2.24, 2.45) is 27.0 Å². The highest BCUT2D eigenvalue weighted by Crippen LogP contribution is 2.30. The highest BCUT2D eigenvalue weighted by atomic mass is 16.1. The van der Waals surface area contributed by atoms with E-state index < -0.39 is 0 Å². The number of nitrogens with zero attached hydrogens (tertiary/aromatic N) is 19. The number of fused-ring (bicyclic) bond motifs is 8. The summed E-state index contributed by atoms with van der Waals surface area (Å²) in [5.74, 6) is 2.42. The second-order valence-electron chi connectivity index (χ2n) is 29.1. The lowest BCUT2D eigenvalue weighted by Gasteiger charge is -2.04. The van der Waals surface area contributed by atoms with E-state index in [0.717, 1.165) is 195 Å². The van der Waals surface area contributed by atoms with Crippen molar-refractivity contribution >= 4 is 122 Å². The number of hydrogen-bond acceptors (Lipinski definition) is 20. The van der Waals surface area contributed by atoms with E-state index in [-0.39, 0.29) is 11.1 Å². The Balaban J connectivity index is 0.000000107. The lowest BCUT2D eigenvalue weighted by Crippen LogP contribution is -2.13. The summed E-state index contributed by atoms with van der Waals surface area (Å²) in [4.78, 5) is 110. The van der Waals surface area contributed by atoms with Gasteiger partial charge in [0.05, 0.1) is 90.4 Å². The number of allylic oxidation sites excluding steroid dienone is 4. The van der Waals surface area contributed by atoms with Gasteiger partial charge in [-0.15, -0.1) is 0 Å². The van der Waals surface area contributed by atoms with Crippen LogP contribution in [-0.4, -0.2) is 107 Å². The van der Waals surface area contributed by atoms with Gasteiger partial charge in [-0.3, -0.25) is 69.4 Å². The SMILES string of the molecule is C1=C(c2ccccc2)N=C(CCc2cnc3cccnc3n2)C1.C1=C(c2ccccc2)N=C(CCc2cnc3ccncc3n2)C1.Cn1c(CCc2ccc3cnccc3n2)nc2c3ncccc3ccc21.O=c1[nH]c(CCC2=NC(c3ccccc3)=CC2)nc2ccncc12.O=c1[nH]c(CCC2=NC(c3ccccc3)=CC2)nc2cnccc12. The number of aliphatic imine (C=N–C) groups is 4. The number of pyridine rings is 7. The maximum Gasteiger partial charge on any atom is 0.260 e. The van der Waals surface area contributed by atoms with Gasteiger partial charge in [-0.2, -0.15) is 0 Å². The third-order valence-electron chi connectivity index (χ3n) is 20.9. The summed E-state index contributed by atoms with van der Waals surface area (Å²) >= 11 is 0. The number of aromatic amines is 2. The molecule has 23 heteroatoms. The molecular formula is C97H81N21O2. The molecule has 0 saturated heterocycles. The fraction of sp³-hybridized carbons (Fsp3) is 0.155. The van der Waals surface area contributed by atoms with Crippen LogP contribution in [0.3, 0.4) is 0 Å². The maximum absolute atomic E-state index is 12.1. The molecule has 0 aliphatic carbocycles. The number of imidazole rings is 1. The largest absolute Gasteiger partial charge is 0.331 e. The van der Waals surface area contributed by atoms with E-state index in [9.17, 15) is 9.59 Å². The van der Waals surface area contributed by atoms with Gasteiger partial charge >= 0.3 is 0 Å². The molecule has 4 aliphatic heterocycles. The topological polar surface area (TPSA) is 301 Å². The second kappa shape index (κ2) is 37.1. The van der Waals surface area contributed by atoms with Crippen LogP contribution in [0.5, 0.6) is 0 Å². The number of nitrogens with one attached hydrogen (secondary N) is 2. The van der Waals surface area contributed by atoms with E-state index in [4.69, 9.17) is 29.9 Å². The van der Waals surface area contributed by atoms with Crippen LogP contribution in [0.4, 0.5) is 0 Å². The van der Waals surface area contributed by atoms with Crippen molar-refractivity contribution in [3.05, 3.63) is 370 Å². The van der Waals surface area contributed by atoms with Gasteiger partial charge < -0.3 is 14.5 Å². The van der Waals surface area contributed by atoms with Crippen molar-refractivity contribution < 1.29 is 0 Å². The minimum atomic E-state index is -0.139. The van der Waals surface area contributed by atoms with E-state index in [0.29, 0.717) is 51.9 Å². The van der Waals surface area contributed by atoms with Gasteiger partial charge in [-0.25, -0.2) is 29.9 Å². The van der Waals surface area contributed by atoms with E-state index in [1.54, 1.807) is 61.7 Å². The van der Waals surface area contributed by atoms with Crippen molar-refractivity contribution in [1.82, 2.24) is 84.3 Å². The average molecular weight is 1570 g/mol. The van der Waals surface area contributed by atoms with Gasteiger partial charge in [0.2, 0.25) is 0 Å². The first-order valence-electron chi connectivity index (χ1n) is 40.1. The molecule has 120 heavy (non-hydrogen) atoms. The Labute approximate surface area is 690 Å². The zero-order chi connectivity index (χ0) is 81.2. The van der Waals surface area contributed by atoms with Crippen molar-refractivity contribution in [1.29, 1.82) is 0 Å². The fourth-order valence-electron chi connectivity index (χ4n) is 14.6. The fourth-order valence-corrected chi connectivity index (χ4v) is 14.6. The zero-order valence-electron chi connectivity index (χ0n) is 65.9. The number of hydrogen-bond donors (Lipinski definition) is 2. The second-order valence-corrected chi connectivity index (χ2v) is 29.1. The van der Waals surface area contributed by atoms with Crippen molar-refractivity contribution in [2.75, 3.05) is 0 Å². The van der Waals surface area contributed by atoms with Gasteiger partial charge in [-0.05, 0) is 128 Å². The number of H-pyrrole nitrogens is 2. The summed E-state index contributed by atoms with van der Waals surface area (Å²) in [5.41, 5.74) is 24.9. The molecule has 2 N–H and O–H groups in total. The first kappa shape index (κ1) is 77.3. The first-order valence-corrected chi connectivity index (χ1v) is 40.1. The van der Waals surface area contributed by atoms with Crippen LogP contribution in [0.2, 0.25) is 0 Å². The summed E-state index contributed by atoms with van der Waals surface area (Å²) < 4.78 is 2.16. The Morgan fingerprint density at radius 2 is 0.775 bits per heavy atom. The molecule has 0 fully saturated rings. The molecular weight excluding hydrogens is 1490 g/mol. The van der Waals surface area contributed by atoms with Crippen LogP contribution >= 0.6 is 0 Å². The van der Waals surface area contributed by atoms with Gasteiger partial charge in [0.1, 0.15) is 34.0 Å². The monoisotopic (exact) mass is 1570 g/mol. The highest BCUT2D eigenvalue weighted by Gasteiger charge is 2.18. The standard InChI is InChI=1S/C21H17N5.2C19H16N4O.2C19H16N4/c1-26-18-8-5-14-3-2-11-23-20(14)21(18)25-19(26)9-7-16-6-4-15-13-22-12-10-17(15)24-16;24-19-15-12-20-11-10-17(15)22-18(23-19)9-7-14-6-8-16(21-14)13-4-2-1-3-5-13;24-19-15-10-11-20-12-17(15)22-18(23-19)9-7-14-6-8-16(21-14)13-4-2-1-3-5-13;1-2-5-14(6-3-1)17-11-10-15(22-17)8-9-16-13-21-18-7-4-12-20-19(18)23-16;1-2-4-14(5-3-1)17-9-8-15(22-17)6-7-16-12-21-18-10-11-20-13-19(18)23-16/h2-6,8,10-13H,7,9H2,1H3;2*1-5,8,10-12H,6-7,9H2,(H,22,23,24);1-7,11-13H,8-10H2;1-5,9-13H,6-8H2. The maximum atomic E-state index is 12.1. The van der Waals surface area contributed by atoms with Gasteiger partial charge in [0.15, 0.2) is 5.65 Å². The van der Waals surface area contributed by atoms with Gasteiger partial charge in [0.25, 0.3) is 11.1 Å². The molecule has 5 aromatic carbocycles. The number of benzene rings is 5. The Morgan fingerprint density at radius 1 is 0.308 bits per heavy atom. The third kappa shape index (κ3) is 19.1. The first-order chi connectivity index (χ1) is 59.1. The predicted octanol–water partition coefficient (Wildman–Crippen LogP) is 17.8. The predicted molar refractivity (Wildman–Crippen MR) is 477 cm³/mol. The Bertz CT molecular complexity index is 6680. The molecule has 21 rings (SSSR count). The molecule has 0 saturated carbocycles. The van der Waals surface area contributed by atoms with E-state index in [2.05, 4.69) is 185 Å². The molecule has 586 valence electrons. The number of aromatic nitrogens is 17. The van der Waals surface area contributed by atoms with Crippen molar-refractivity contribution in [3.63, 3.8) is 0 Å². The van der Waals surface area contributed by atoms with Crippen LogP contribution in [-0.2, 0) is 45.6 Å². The molecule has 0 atom stereocenters. The molecule has 4 aliphatic rings. The van der Waals surface area contributed by atoms with E-state index in [1.807, 2.05) is 128 Å². The molecule has 0 unspecified atom stereocenters. The minimum Gasteiger partial charge on any atom is -0.331 e. The molecule has 0 radical (unpaired) electrons. The van der Waals surface area contributed by atoms with E-state index >= 15 is 0 Å². The number of rotatable bonds is 19. The molecule has 0 spiro atoms. The minimum absolute atomic E-state index is 0.117. The van der Waals surface area contributed by atoms with E-state index in [1.165, 1.54) is 22.6 Å². The molecule has 0 amide bonds. The van der Waals surface area contributed by atoms with Crippen LogP contribution in [0.1, 0.15) is 108 Å². The third-order valence-corrected chi connectivity index (χ3v) is 20.9. The molecule has 12 aromatic heterocycles. The van der Waals surface area contributed by atoms with Crippen molar-refractivity contribution in [3.8, 4) is 0 Å². The van der Waals surface area contributed by atoms with Crippen LogP contribution in [0.15, 0.2) is 322 Å². The van der Waals surface area contributed by atoms with Gasteiger partial charge in [-0.1, -0.05) is 158 Å². The smallest absolute Gasteiger partial charge is 0.260 e. The quantitative estimate of drug-likeness (QED) is 0.0760. The average Bonchev–Trinajstić information content (AvgIpc) is 1.62. The highest BCUT2D eigenvalue weighted by molar-refractivity contribution is 6.02. The summed E-state index contributed by atoms with van der Waals surface area (Å²) in [6.45, 7) is 0. The summed E-state index contributed by atoms with van der Waals surface area (Å²) in [6.07, 6.45) is 41.1. The molecule has 16 heterocycles. The zero-order valence-corrected chi connectivity index (χ0v) is 65.9. The molecule has 0 bridgehead atoms. The van der Waals surface area contributed by atoms with Crippen LogP contribution in [0.25, 0.3) is 99.6 Å². The van der Waals surface area contributed by atoms with Gasteiger partial charge in [0, 0.05) is 153 Å². The molecule has 23 nitrogen and oxygen atoms in total. The summed E-state index contributed by atoms with van der Waals surface area (Å²) in [7, 11) is 2.07.